The summed E-state index contributed by atoms with van der Waals surface area (Å²) >= 11 is 12.0. The van der Waals surface area contributed by atoms with Gasteiger partial charge in [-0.15, -0.1) is 0 Å². The lowest BCUT2D eigenvalue weighted by Crippen LogP contribution is -1.97. The molecule has 0 spiro atoms. The Balaban J connectivity index is 1.75. The average molecular weight is 383 g/mol. The van der Waals surface area contributed by atoms with Crippen molar-refractivity contribution in [3.63, 3.8) is 0 Å². The summed E-state index contributed by atoms with van der Waals surface area (Å²) in [6, 6.07) is 21.9. The van der Waals surface area contributed by atoms with Crippen molar-refractivity contribution in [2.24, 2.45) is 0 Å². The van der Waals surface area contributed by atoms with Gasteiger partial charge in [-0.05, 0) is 48.5 Å². The van der Waals surface area contributed by atoms with Crippen molar-refractivity contribution >= 4 is 34.1 Å². The number of hydrogen-bond donors (Lipinski definition) is 0. The predicted molar refractivity (Wildman–Crippen MR) is 103 cm³/mol. The van der Waals surface area contributed by atoms with Crippen LogP contribution in [0.4, 0.5) is 0 Å². The lowest BCUT2D eigenvalue weighted by atomic mass is 10.2. The number of ether oxygens (including phenoxy) is 2. The summed E-state index contributed by atoms with van der Waals surface area (Å²) in [5, 5.41) is 1.92. The molecule has 0 amide bonds. The van der Waals surface area contributed by atoms with E-state index in [0.29, 0.717) is 32.9 Å². The van der Waals surface area contributed by atoms with Gasteiger partial charge in [-0.2, -0.15) is 9.97 Å². The third-order valence-electron chi connectivity index (χ3n) is 3.56. The number of halogens is 2. The second-order valence-electron chi connectivity index (χ2n) is 5.45. The number of rotatable bonds is 4. The fourth-order valence-corrected chi connectivity index (χ4v) is 2.79. The van der Waals surface area contributed by atoms with Crippen LogP contribution in [-0.2, 0) is 0 Å². The molecule has 0 aliphatic heterocycles. The molecule has 3 aromatic carbocycles. The molecule has 0 unspecified atom stereocenters. The van der Waals surface area contributed by atoms with Crippen LogP contribution in [0.2, 0.25) is 10.0 Å². The maximum absolute atomic E-state index is 6.03. The summed E-state index contributed by atoms with van der Waals surface area (Å²) in [7, 11) is 0. The molecule has 4 rings (SSSR count). The molecule has 4 aromatic rings. The third kappa shape index (κ3) is 3.72. The Hall–Kier alpha value is -2.82. The summed E-state index contributed by atoms with van der Waals surface area (Å²) in [5.74, 6) is 1.51. The molecule has 0 bridgehead atoms. The van der Waals surface area contributed by atoms with Crippen molar-refractivity contribution in [3.8, 4) is 23.4 Å². The van der Waals surface area contributed by atoms with Crippen LogP contribution in [-0.4, -0.2) is 9.97 Å². The van der Waals surface area contributed by atoms with Gasteiger partial charge in [-0.3, -0.25) is 0 Å². The lowest BCUT2D eigenvalue weighted by Gasteiger charge is -2.10. The van der Waals surface area contributed by atoms with Crippen LogP contribution in [0.25, 0.3) is 10.9 Å². The Bertz CT molecular complexity index is 1090. The van der Waals surface area contributed by atoms with E-state index in [1.54, 1.807) is 42.5 Å². The van der Waals surface area contributed by atoms with Gasteiger partial charge >= 0.3 is 6.01 Å². The van der Waals surface area contributed by atoms with Crippen molar-refractivity contribution in [2.45, 2.75) is 0 Å². The van der Waals surface area contributed by atoms with E-state index < -0.39 is 0 Å². The van der Waals surface area contributed by atoms with Gasteiger partial charge in [0.1, 0.15) is 11.5 Å². The Morgan fingerprint density at radius 2 is 1.31 bits per heavy atom. The van der Waals surface area contributed by atoms with E-state index in [9.17, 15) is 0 Å². The number of aromatic nitrogens is 2. The number of para-hydroxylation sites is 1. The van der Waals surface area contributed by atoms with Crippen molar-refractivity contribution in [3.05, 3.63) is 82.8 Å². The van der Waals surface area contributed by atoms with E-state index in [0.717, 1.165) is 5.39 Å². The molecule has 128 valence electrons. The number of nitrogens with zero attached hydrogens (tertiary/aromatic N) is 2. The maximum Gasteiger partial charge on any atom is 0.325 e. The highest BCUT2D eigenvalue weighted by Crippen LogP contribution is 2.31. The molecule has 6 heteroatoms. The zero-order valence-corrected chi connectivity index (χ0v) is 14.9. The van der Waals surface area contributed by atoms with Gasteiger partial charge in [-0.25, -0.2) is 0 Å². The van der Waals surface area contributed by atoms with Gasteiger partial charge in [-0.1, -0.05) is 47.5 Å². The molecule has 0 N–H and O–H groups in total. The SMILES string of the molecule is Clc1cccc(Oc2nc(Oc3cccc(Cl)c3)c3ccccc3n2)c1. The van der Waals surface area contributed by atoms with Gasteiger partial charge in [0.15, 0.2) is 0 Å². The smallest absolute Gasteiger partial charge is 0.325 e. The highest BCUT2D eigenvalue weighted by atomic mass is 35.5. The van der Waals surface area contributed by atoms with Crippen LogP contribution in [0.15, 0.2) is 72.8 Å². The standard InChI is InChI=1S/C20H12Cl2N2O2/c21-13-5-3-7-15(11-13)25-19-17-9-1-2-10-18(17)23-20(24-19)26-16-8-4-6-14(22)12-16/h1-12H. The highest BCUT2D eigenvalue weighted by molar-refractivity contribution is 6.31. The molecule has 0 aliphatic carbocycles. The first-order chi connectivity index (χ1) is 12.7. The van der Waals surface area contributed by atoms with Crippen LogP contribution in [0.3, 0.4) is 0 Å². The van der Waals surface area contributed by atoms with E-state index in [1.165, 1.54) is 0 Å². The molecule has 0 saturated heterocycles. The zero-order chi connectivity index (χ0) is 17.9. The minimum Gasteiger partial charge on any atom is -0.438 e. The molecule has 1 heterocycles. The monoisotopic (exact) mass is 382 g/mol. The van der Waals surface area contributed by atoms with Crippen LogP contribution < -0.4 is 9.47 Å². The molecular weight excluding hydrogens is 371 g/mol. The predicted octanol–water partition coefficient (Wildman–Crippen LogP) is 6.52. The van der Waals surface area contributed by atoms with Crippen molar-refractivity contribution in [1.82, 2.24) is 9.97 Å². The Labute approximate surface area is 160 Å². The van der Waals surface area contributed by atoms with Crippen LogP contribution in [0.5, 0.6) is 23.4 Å². The molecule has 4 nitrogen and oxygen atoms in total. The summed E-state index contributed by atoms with van der Waals surface area (Å²) in [4.78, 5) is 8.85. The second kappa shape index (κ2) is 7.20. The van der Waals surface area contributed by atoms with Gasteiger partial charge in [0.2, 0.25) is 5.88 Å². The number of benzene rings is 3. The molecule has 0 fully saturated rings. The third-order valence-corrected chi connectivity index (χ3v) is 4.03. The Morgan fingerprint density at radius 1 is 0.654 bits per heavy atom. The van der Waals surface area contributed by atoms with Gasteiger partial charge in [0.05, 0.1) is 10.9 Å². The quantitative estimate of drug-likeness (QED) is 0.402. The second-order valence-corrected chi connectivity index (χ2v) is 6.32. The van der Waals surface area contributed by atoms with E-state index in [4.69, 9.17) is 32.7 Å². The molecular formula is C20H12Cl2N2O2. The van der Waals surface area contributed by atoms with Gasteiger partial charge in [0.25, 0.3) is 0 Å². The minimum atomic E-state index is 0.169. The summed E-state index contributed by atoms with van der Waals surface area (Å²) in [5.41, 5.74) is 0.705. The Kier molecular flexibility index (Phi) is 4.61. The Morgan fingerprint density at radius 3 is 2.00 bits per heavy atom. The molecule has 1 aromatic heterocycles. The maximum atomic E-state index is 6.03. The first-order valence-electron chi connectivity index (χ1n) is 7.81. The zero-order valence-electron chi connectivity index (χ0n) is 13.4. The first kappa shape index (κ1) is 16.6. The highest BCUT2D eigenvalue weighted by Gasteiger charge is 2.12. The topological polar surface area (TPSA) is 44.2 Å². The van der Waals surface area contributed by atoms with Gasteiger partial charge in [0, 0.05) is 10.0 Å². The average Bonchev–Trinajstić information content (AvgIpc) is 2.62. The van der Waals surface area contributed by atoms with Crippen LogP contribution in [0, 0.1) is 0 Å². The summed E-state index contributed by atoms with van der Waals surface area (Å²) in [6.45, 7) is 0. The van der Waals surface area contributed by atoms with Gasteiger partial charge < -0.3 is 9.47 Å². The lowest BCUT2D eigenvalue weighted by molar-refractivity contribution is 0.417. The summed E-state index contributed by atoms with van der Waals surface area (Å²) in [6.07, 6.45) is 0. The first-order valence-corrected chi connectivity index (χ1v) is 8.56. The van der Waals surface area contributed by atoms with Crippen molar-refractivity contribution < 1.29 is 9.47 Å². The van der Waals surface area contributed by atoms with E-state index in [-0.39, 0.29) is 6.01 Å². The molecule has 0 atom stereocenters. The number of fused-ring (bicyclic) bond motifs is 1. The van der Waals surface area contributed by atoms with E-state index in [2.05, 4.69) is 9.97 Å². The number of hydrogen-bond acceptors (Lipinski definition) is 4. The molecule has 0 radical (unpaired) electrons. The normalized spacial score (nSPS) is 10.7. The van der Waals surface area contributed by atoms with Crippen molar-refractivity contribution in [1.29, 1.82) is 0 Å². The largest absolute Gasteiger partial charge is 0.438 e. The fourth-order valence-electron chi connectivity index (χ4n) is 2.43. The van der Waals surface area contributed by atoms with Crippen molar-refractivity contribution in [2.75, 3.05) is 0 Å². The minimum absolute atomic E-state index is 0.169. The summed E-state index contributed by atoms with van der Waals surface area (Å²) < 4.78 is 11.7. The fraction of sp³-hybridized carbons (Fsp3) is 0. The van der Waals surface area contributed by atoms with E-state index in [1.807, 2.05) is 30.3 Å². The van der Waals surface area contributed by atoms with Crippen LogP contribution >= 0.6 is 23.2 Å². The molecule has 0 saturated carbocycles. The van der Waals surface area contributed by atoms with Crippen LogP contribution in [0.1, 0.15) is 0 Å². The molecule has 26 heavy (non-hydrogen) atoms. The molecule has 0 aliphatic rings. The van der Waals surface area contributed by atoms with E-state index >= 15 is 0 Å².